The lowest BCUT2D eigenvalue weighted by Crippen LogP contribution is -2.59. The van der Waals surface area contributed by atoms with Crippen LogP contribution in [-0.4, -0.2) is 84.2 Å². The molecule has 31 heavy (non-hydrogen) atoms. The lowest BCUT2D eigenvalue weighted by atomic mass is 10.1. The van der Waals surface area contributed by atoms with Crippen molar-refractivity contribution in [2.45, 2.75) is 51.5 Å². The molecule has 174 valence electrons. The van der Waals surface area contributed by atoms with E-state index in [9.17, 15) is 4.79 Å². The average Bonchev–Trinajstić information content (AvgIpc) is 2.63. The van der Waals surface area contributed by atoms with Crippen molar-refractivity contribution in [2.75, 3.05) is 39.3 Å². The van der Waals surface area contributed by atoms with E-state index in [2.05, 4.69) is 51.2 Å². The highest BCUT2D eigenvalue weighted by atomic mass is 16.6. The third kappa shape index (κ3) is 10.5. The Bertz CT molecular complexity index is 677. The molecule has 0 spiro atoms. The summed E-state index contributed by atoms with van der Waals surface area (Å²) in [7, 11) is 0. The largest absolute Gasteiger partial charge is 0.465 e. The fourth-order valence-corrected chi connectivity index (χ4v) is 3.82. The average molecular weight is 437 g/mol. The van der Waals surface area contributed by atoms with Gasteiger partial charge in [-0.1, -0.05) is 30.3 Å². The van der Waals surface area contributed by atoms with E-state index in [0.717, 1.165) is 45.7 Å². The summed E-state index contributed by atoms with van der Waals surface area (Å²) in [5.41, 5.74) is 4.94. The van der Waals surface area contributed by atoms with Crippen molar-refractivity contribution in [3.05, 3.63) is 35.9 Å². The predicted octanol–water partition coefficient (Wildman–Crippen LogP) is 2.11. The minimum atomic E-state index is -1.33. The topological polar surface area (TPSA) is 117 Å². The van der Waals surface area contributed by atoms with Gasteiger partial charge in [0.2, 0.25) is 0 Å². The zero-order chi connectivity index (χ0) is 22.9. The van der Waals surface area contributed by atoms with Gasteiger partial charge in [-0.2, -0.15) is 0 Å². The van der Waals surface area contributed by atoms with Crippen molar-refractivity contribution in [1.29, 1.82) is 0 Å². The first kappa shape index (κ1) is 24.9. The van der Waals surface area contributed by atoms with Crippen molar-refractivity contribution in [3.63, 3.8) is 0 Å². The van der Waals surface area contributed by atoms with Crippen LogP contribution in [0, 0.1) is 0 Å². The van der Waals surface area contributed by atoms with E-state index < -0.39 is 11.7 Å². The number of morpholine rings is 2. The molecule has 2 heterocycles. The number of carboxylic acid groups (broad SMARTS) is 1. The number of nitrogens with two attached hydrogens (primary N) is 1. The molecule has 0 radical (unpaired) electrons. The lowest BCUT2D eigenvalue weighted by molar-refractivity contribution is -0.140. The van der Waals surface area contributed by atoms with E-state index in [-0.39, 0.29) is 18.3 Å². The number of carbonyl (C=O) groups is 2. The van der Waals surface area contributed by atoms with Gasteiger partial charge >= 0.3 is 12.2 Å². The summed E-state index contributed by atoms with van der Waals surface area (Å²) in [5.74, 6) is 0. The zero-order valence-corrected chi connectivity index (χ0v) is 18.8. The number of nitrogens with one attached hydrogen (secondary N) is 1. The smallest absolute Gasteiger partial charge is 0.407 e. The van der Waals surface area contributed by atoms with Crippen LogP contribution in [0.15, 0.2) is 30.3 Å². The number of amides is 2. The molecule has 2 amide bonds. The number of alkyl carbamates (subject to hydrolysis) is 1. The molecule has 2 saturated heterocycles. The highest BCUT2D eigenvalue weighted by Gasteiger charge is 2.34. The van der Waals surface area contributed by atoms with Crippen LogP contribution < -0.4 is 11.1 Å². The molecule has 3 rings (SSSR count). The van der Waals surface area contributed by atoms with Gasteiger partial charge < -0.3 is 25.6 Å². The summed E-state index contributed by atoms with van der Waals surface area (Å²) in [6.07, 6.45) is -0.190. The number of nitrogens with zero attached hydrogens (tertiary/aromatic N) is 2. The van der Waals surface area contributed by atoms with E-state index in [1.807, 2.05) is 20.8 Å². The van der Waals surface area contributed by atoms with Gasteiger partial charge in [-0.25, -0.2) is 9.59 Å². The Morgan fingerprint density at radius 2 is 1.68 bits per heavy atom. The second-order valence-electron chi connectivity index (χ2n) is 8.94. The number of benzene rings is 1. The minimum Gasteiger partial charge on any atom is -0.465 e. The van der Waals surface area contributed by atoms with Crippen LogP contribution in [-0.2, 0) is 16.0 Å². The second kappa shape index (κ2) is 11.9. The Balaban J connectivity index is 0.000000785. The number of rotatable bonds is 6. The summed E-state index contributed by atoms with van der Waals surface area (Å²) >= 11 is 0. The maximum absolute atomic E-state index is 11.7. The van der Waals surface area contributed by atoms with Gasteiger partial charge in [-0.05, 0) is 32.8 Å². The molecule has 0 saturated carbocycles. The van der Waals surface area contributed by atoms with Crippen LogP contribution >= 0.6 is 0 Å². The molecule has 4 N–H and O–H groups in total. The molecule has 0 aromatic heterocycles. The summed E-state index contributed by atoms with van der Waals surface area (Å²) in [6.45, 7) is 12.1. The molecule has 9 heteroatoms. The number of ether oxygens (including phenoxy) is 2. The summed E-state index contributed by atoms with van der Waals surface area (Å²) in [6, 6.07) is 10.6. The third-order valence-electron chi connectivity index (χ3n) is 4.80. The first-order valence-corrected chi connectivity index (χ1v) is 10.7. The third-order valence-corrected chi connectivity index (χ3v) is 4.80. The Labute approximate surface area is 184 Å². The number of hydrogen-bond acceptors (Lipinski definition) is 6. The van der Waals surface area contributed by atoms with Gasteiger partial charge in [-0.3, -0.25) is 9.80 Å². The molecule has 1 aromatic carbocycles. The fourth-order valence-electron chi connectivity index (χ4n) is 3.82. The molecule has 2 aliphatic heterocycles. The van der Waals surface area contributed by atoms with Gasteiger partial charge in [-0.15, -0.1) is 0 Å². The van der Waals surface area contributed by atoms with Crippen LogP contribution in [0.3, 0.4) is 0 Å². The summed E-state index contributed by atoms with van der Waals surface area (Å²) in [5, 5.41) is 10.0. The Morgan fingerprint density at radius 3 is 2.23 bits per heavy atom. The predicted molar refractivity (Wildman–Crippen MR) is 118 cm³/mol. The monoisotopic (exact) mass is 436 g/mol. The Morgan fingerprint density at radius 1 is 1.13 bits per heavy atom. The standard InChI is InChI=1S/C21H33N3O3.CH3NO2/c1-21(2,3)27-20(25)22-10-7-11-23-13-18-15-24(16-19(14-23)26-18)12-17-8-5-4-6-9-17;2-1(3)4/h4-6,8-9,18-19H,7,10-16H2,1-3H3,(H,22,25);2H2,(H,3,4). The second-order valence-corrected chi connectivity index (χ2v) is 8.94. The first-order valence-electron chi connectivity index (χ1n) is 10.7. The minimum absolute atomic E-state index is 0.278. The highest BCUT2D eigenvalue weighted by Crippen LogP contribution is 2.21. The normalized spacial score (nSPS) is 21.5. The van der Waals surface area contributed by atoms with Crippen LogP contribution in [0.2, 0.25) is 0 Å². The molecule has 2 fully saturated rings. The van der Waals surface area contributed by atoms with Crippen molar-refractivity contribution in [3.8, 4) is 0 Å². The number of carbonyl (C=O) groups excluding carboxylic acids is 1. The molecule has 0 aliphatic carbocycles. The van der Waals surface area contributed by atoms with E-state index in [1.54, 1.807) is 0 Å². The van der Waals surface area contributed by atoms with Crippen LogP contribution in [0.1, 0.15) is 32.8 Å². The van der Waals surface area contributed by atoms with Crippen LogP contribution in [0.5, 0.6) is 0 Å². The SMILES string of the molecule is CC(C)(C)OC(=O)NCCCN1CC2CN(Cc3ccccc3)CC(C1)O2.NC(=O)O. The first-order chi connectivity index (χ1) is 14.6. The number of primary amides is 1. The van der Waals surface area contributed by atoms with Crippen molar-refractivity contribution in [1.82, 2.24) is 15.1 Å². The van der Waals surface area contributed by atoms with Gasteiger partial charge in [0.1, 0.15) is 5.60 Å². The molecule has 9 nitrogen and oxygen atoms in total. The Hall–Kier alpha value is -2.36. The quantitative estimate of drug-likeness (QED) is 0.585. The van der Waals surface area contributed by atoms with Gasteiger partial charge in [0.15, 0.2) is 0 Å². The van der Waals surface area contributed by atoms with Gasteiger partial charge in [0.25, 0.3) is 0 Å². The molecule has 2 aliphatic rings. The van der Waals surface area contributed by atoms with E-state index in [1.165, 1.54) is 5.56 Å². The highest BCUT2D eigenvalue weighted by molar-refractivity contribution is 5.67. The lowest BCUT2D eigenvalue weighted by Gasteiger charge is -2.46. The number of hydrogen-bond donors (Lipinski definition) is 3. The van der Waals surface area contributed by atoms with Crippen molar-refractivity contribution in [2.24, 2.45) is 5.73 Å². The maximum Gasteiger partial charge on any atom is 0.407 e. The fraction of sp³-hybridized carbons (Fsp3) is 0.636. The maximum atomic E-state index is 11.7. The van der Waals surface area contributed by atoms with E-state index >= 15 is 0 Å². The Kier molecular flexibility index (Phi) is 9.54. The molecular formula is C22H36N4O5. The molecule has 2 unspecified atom stereocenters. The summed E-state index contributed by atoms with van der Waals surface area (Å²) in [4.78, 5) is 25.4. The van der Waals surface area contributed by atoms with Gasteiger partial charge in [0, 0.05) is 45.8 Å². The molecular weight excluding hydrogens is 400 g/mol. The molecule has 1 aromatic rings. The van der Waals surface area contributed by atoms with E-state index in [4.69, 9.17) is 19.4 Å². The van der Waals surface area contributed by atoms with Gasteiger partial charge in [0.05, 0.1) is 12.2 Å². The van der Waals surface area contributed by atoms with Crippen molar-refractivity contribution >= 4 is 12.2 Å². The zero-order valence-electron chi connectivity index (χ0n) is 18.8. The molecule has 2 bridgehead atoms. The van der Waals surface area contributed by atoms with Crippen LogP contribution in [0.25, 0.3) is 0 Å². The van der Waals surface area contributed by atoms with E-state index in [0.29, 0.717) is 6.54 Å². The van der Waals surface area contributed by atoms with Crippen LogP contribution in [0.4, 0.5) is 9.59 Å². The van der Waals surface area contributed by atoms with Crippen molar-refractivity contribution < 1.29 is 24.2 Å². The summed E-state index contributed by atoms with van der Waals surface area (Å²) < 4.78 is 11.4. The number of fused-ring (bicyclic) bond motifs is 2. The molecule has 2 atom stereocenters.